The molecular weight excluding hydrogens is 222 g/mol. The molecule has 0 amide bonds. The largest absolute Gasteiger partial charge is 0.461 e. The van der Waals surface area contributed by atoms with E-state index in [-0.39, 0.29) is 11.8 Å². The topological polar surface area (TPSA) is 61.6 Å². The van der Waals surface area contributed by atoms with Crippen molar-refractivity contribution in [2.45, 2.75) is 33.6 Å². The molecule has 17 heavy (non-hydrogen) atoms. The molecule has 0 bridgehead atoms. The molecule has 5 heteroatoms. The number of esters is 1. The molecule has 1 unspecified atom stereocenters. The zero-order chi connectivity index (χ0) is 12.7. The highest BCUT2D eigenvalue weighted by Gasteiger charge is 2.14. The van der Waals surface area contributed by atoms with Crippen LogP contribution in [-0.4, -0.2) is 24.2 Å². The van der Waals surface area contributed by atoms with Gasteiger partial charge in [-0.25, -0.2) is 4.79 Å². The van der Waals surface area contributed by atoms with E-state index in [0.717, 1.165) is 12.8 Å². The lowest BCUT2D eigenvalue weighted by Crippen LogP contribution is -2.09. The summed E-state index contributed by atoms with van der Waals surface area (Å²) in [4.78, 5) is 15.2. The summed E-state index contributed by atoms with van der Waals surface area (Å²) in [5.74, 6) is -0.0503. The van der Waals surface area contributed by atoms with Gasteiger partial charge in [-0.3, -0.25) is 0 Å². The van der Waals surface area contributed by atoms with Crippen molar-refractivity contribution in [1.29, 1.82) is 0 Å². The molecule has 1 aromatic heterocycles. The number of nitrogens with zero attached hydrogens (tertiary/aromatic N) is 1. The lowest BCUT2D eigenvalue weighted by atomic mass is 10.1. The first-order chi connectivity index (χ1) is 8.17. The molecule has 0 saturated heterocycles. The van der Waals surface area contributed by atoms with Gasteiger partial charge in [-0.15, -0.1) is 0 Å². The first-order valence-electron chi connectivity index (χ1n) is 5.92. The number of ether oxygens (including phenoxy) is 2. The van der Waals surface area contributed by atoms with E-state index in [9.17, 15) is 4.79 Å². The van der Waals surface area contributed by atoms with Crippen LogP contribution in [0.25, 0.3) is 0 Å². The quantitative estimate of drug-likeness (QED) is 0.687. The molecule has 0 aromatic carbocycles. The number of aromatic nitrogens is 1. The summed E-state index contributed by atoms with van der Waals surface area (Å²) in [5, 5.41) is 0. The fourth-order valence-electron chi connectivity index (χ4n) is 1.41. The first-order valence-corrected chi connectivity index (χ1v) is 5.92. The van der Waals surface area contributed by atoms with Crippen molar-refractivity contribution < 1.29 is 18.7 Å². The second-order valence-electron chi connectivity index (χ2n) is 3.92. The highest BCUT2D eigenvalue weighted by atomic mass is 16.6. The monoisotopic (exact) mass is 241 g/mol. The summed E-state index contributed by atoms with van der Waals surface area (Å²) in [6.45, 7) is 6.81. The van der Waals surface area contributed by atoms with Crippen molar-refractivity contribution in [3.8, 4) is 6.08 Å². The second-order valence-corrected chi connectivity index (χ2v) is 3.92. The third kappa shape index (κ3) is 4.46. The summed E-state index contributed by atoms with van der Waals surface area (Å²) in [6.07, 6.45) is 3.57. The minimum Gasteiger partial charge on any atom is -0.461 e. The van der Waals surface area contributed by atoms with Crippen molar-refractivity contribution in [2.75, 3.05) is 13.2 Å². The van der Waals surface area contributed by atoms with E-state index in [0.29, 0.717) is 19.1 Å². The molecule has 0 N–H and O–H groups in total. The van der Waals surface area contributed by atoms with Gasteiger partial charge in [-0.05, 0) is 19.3 Å². The smallest absolute Gasteiger partial charge is 0.394 e. The third-order valence-corrected chi connectivity index (χ3v) is 2.24. The normalized spacial score (nSPS) is 12.2. The molecule has 1 atom stereocenters. The molecule has 0 aliphatic carbocycles. The zero-order valence-corrected chi connectivity index (χ0v) is 10.6. The minimum absolute atomic E-state index is 0.121. The van der Waals surface area contributed by atoms with Gasteiger partial charge in [0.25, 0.3) is 0 Å². The maximum absolute atomic E-state index is 11.3. The van der Waals surface area contributed by atoms with E-state index in [4.69, 9.17) is 13.9 Å². The second kappa shape index (κ2) is 6.93. The zero-order valence-electron chi connectivity index (χ0n) is 10.6. The molecule has 0 spiro atoms. The van der Waals surface area contributed by atoms with Gasteiger partial charge >= 0.3 is 12.0 Å². The van der Waals surface area contributed by atoms with Crippen molar-refractivity contribution >= 4 is 5.97 Å². The Morgan fingerprint density at radius 1 is 1.53 bits per heavy atom. The Morgan fingerprint density at radius 2 is 2.29 bits per heavy atom. The number of oxazole rings is 1. The highest BCUT2D eigenvalue weighted by molar-refractivity contribution is 5.86. The number of carbonyl (C=O) groups is 1. The molecule has 96 valence electrons. The van der Waals surface area contributed by atoms with Crippen LogP contribution in [0.4, 0.5) is 0 Å². The van der Waals surface area contributed by atoms with Crippen LogP contribution in [0.5, 0.6) is 6.08 Å². The van der Waals surface area contributed by atoms with E-state index in [1.165, 1.54) is 6.26 Å². The summed E-state index contributed by atoms with van der Waals surface area (Å²) in [6, 6.07) is 0. The molecule has 5 nitrogen and oxygen atoms in total. The maximum atomic E-state index is 11.3. The van der Waals surface area contributed by atoms with Crippen LogP contribution in [0, 0.1) is 5.92 Å². The Bertz CT molecular complexity index is 348. The van der Waals surface area contributed by atoms with Crippen LogP contribution in [0.1, 0.15) is 44.1 Å². The minimum atomic E-state index is -0.493. The SMILES string of the molecule is CCCC(C)COc1nc(C(=O)OCC)co1. The van der Waals surface area contributed by atoms with Crippen LogP contribution in [0.2, 0.25) is 0 Å². The van der Waals surface area contributed by atoms with Gasteiger partial charge in [0, 0.05) is 0 Å². The summed E-state index contributed by atoms with van der Waals surface area (Å²) in [5.41, 5.74) is 0.144. The molecule has 0 fully saturated rings. The Morgan fingerprint density at radius 3 is 2.94 bits per heavy atom. The standard InChI is InChI=1S/C12H19NO4/c1-4-6-9(3)7-16-12-13-10(8-17-12)11(14)15-5-2/h8-9H,4-7H2,1-3H3. The van der Waals surface area contributed by atoms with Crippen molar-refractivity contribution in [3.63, 3.8) is 0 Å². The average Bonchev–Trinajstić information content (AvgIpc) is 2.76. The van der Waals surface area contributed by atoms with E-state index in [1.54, 1.807) is 6.92 Å². The highest BCUT2D eigenvalue weighted by Crippen LogP contribution is 2.13. The summed E-state index contributed by atoms with van der Waals surface area (Å²) < 4.78 is 15.2. The molecule has 0 aliphatic heterocycles. The molecule has 1 aromatic rings. The van der Waals surface area contributed by atoms with Gasteiger partial charge in [-0.1, -0.05) is 20.3 Å². The Labute approximate surface area is 101 Å². The Balaban J connectivity index is 2.43. The molecular formula is C12H19NO4. The van der Waals surface area contributed by atoms with Gasteiger partial charge < -0.3 is 13.9 Å². The Hall–Kier alpha value is -1.52. The van der Waals surface area contributed by atoms with Gasteiger partial charge in [0.05, 0.1) is 13.2 Å². The average molecular weight is 241 g/mol. The van der Waals surface area contributed by atoms with Gasteiger partial charge in [0.1, 0.15) is 6.26 Å². The molecule has 1 heterocycles. The van der Waals surface area contributed by atoms with E-state index >= 15 is 0 Å². The Kier molecular flexibility index (Phi) is 5.52. The molecule has 1 rings (SSSR count). The maximum Gasteiger partial charge on any atom is 0.394 e. The van der Waals surface area contributed by atoms with E-state index < -0.39 is 5.97 Å². The van der Waals surface area contributed by atoms with Gasteiger partial charge in [0.2, 0.25) is 0 Å². The van der Waals surface area contributed by atoms with Crippen LogP contribution in [-0.2, 0) is 4.74 Å². The molecule has 0 radical (unpaired) electrons. The van der Waals surface area contributed by atoms with Crippen molar-refractivity contribution in [2.24, 2.45) is 5.92 Å². The van der Waals surface area contributed by atoms with Gasteiger partial charge in [-0.2, -0.15) is 4.98 Å². The van der Waals surface area contributed by atoms with Crippen molar-refractivity contribution in [3.05, 3.63) is 12.0 Å². The summed E-state index contributed by atoms with van der Waals surface area (Å²) in [7, 11) is 0. The lowest BCUT2D eigenvalue weighted by molar-refractivity contribution is 0.0519. The fourth-order valence-corrected chi connectivity index (χ4v) is 1.41. The number of hydrogen-bond acceptors (Lipinski definition) is 5. The summed E-state index contributed by atoms with van der Waals surface area (Å²) >= 11 is 0. The molecule has 0 saturated carbocycles. The number of carbonyl (C=O) groups excluding carboxylic acids is 1. The molecule has 0 aliphatic rings. The van der Waals surface area contributed by atoms with Crippen LogP contribution in [0.15, 0.2) is 10.7 Å². The van der Waals surface area contributed by atoms with Crippen LogP contribution >= 0.6 is 0 Å². The first kappa shape index (κ1) is 13.5. The van der Waals surface area contributed by atoms with Crippen LogP contribution < -0.4 is 4.74 Å². The predicted octanol–water partition coefficient (Wildman–Crippen LogP) is 2.67. The van der Waals surface area contributed by atoms with Crippen LogP contribution in [0.3, 0.4) is 0 Å². The van der Waals surface area contributed by atoms with Crippen molar-refractivity contribution in [1.82, 2.24) is 4.98 Å². The fraction of sp³-hybridized carbons (Fsp3) is 0.667. The predicted molar refractivity (Wildman–Crippen MR) is 62.0 cm³/mol. The van der Waals surface area contributed by atoms with E-state index in [2.05, 4.69) is 18.8 Å². The number of rotatable bonds is 7. The van der Waals surface area contributed by atoms with E-state index in [1.807, 2.05) is 0 Å². The number of hydrogen-bond donors (Lipinski definition) is 0. The lowest BCUT2D eigenvalue weighted by Gasteiger charge is -2.08. The third-order valence-electron chi connectivity index (χ3n) is 2.24. The van der Waals surface area contributed by atoms with Gasteiger partial charge in [0.15, 0.2) is 5.69 Å².